The smallest absolute Gasteiger partial charge is 0.244 e. The number of anilines is 1. The van der Waals surface area contributed by atoms with Crippen LogP contribution in [0, 0.1) is 0 Å². The van der Waals surface area contributed by atoms with Gasteiger partial charge in [0.1, 0.15) is 4.90 Å². The Balaban J connectivity index is 2.03. The fraction of sp³-hybridized carbons (Fsp3) is 0.462. The second kappa shape index (κ2) is 5.24. The van der Waals surface area contributed by atoms with E-state index in [9.17, 15) is 13.2 Å². The minimum absolute atomic E-state index is 0.000216. The quantitative estimate of drug-likeness (QED) is 0.842. The van der Waals surface area contributed by atoms with Gasteiger partial charge in [-0.1, -0.05) is 11.6 Å². The molecule has 0 spiro atoms. The van der Waals surface area contributed by atoms with Crippen LogP contribution in [-0.2, 0) is 21.2 Å². The van der Waals surface area contributed by atoms with E-state index in [1.165, 1.54) is 16.4 Å². The van der Waals surface area contributed by atoms with Gasteiger partial charge in [-0.25, -0.2) is 8.42 Å². The van der Waals surface area contributed by atoms with Crippen LogP contribution in [0.5, 0.6) is 0 Å². The van der Waals surface area contributed by atoms with Crippen molar-refractivity contribution >= 4 is 33.2 Å². The molecule has 0 aromatic heterocycles. The first-order valence-electron chi connectivity index (χ1n) is 6.68. The number of benzene rings is 1. The van der Waals surface area contributed by atoms with Crippen LogP contribution in [0.25, 0.3) is 0 Å². The third-order valence-corrected chi connectivity index (χ3v) is 6.06. The van der Waals surface area contributed by atoms with Crippen molar-refractivity contribution in [1.82, 2.24) is 4.31 Å². The predicted molar refractivity (Wildman–Crippen MR) is 77.8 cm³/mol. The van der Waals surface area contributed by atoms with Gasteiger partial charge in [-0.3, -0.25) is 4.79 Å². The van der Waals surface area contributed by atoms with Gasteiger partial charge in [-0.2, -0.15) is 4.31 Å². The Hall–Kier alpha value is -1.15. The van der Waals surface area contributed by atoms with E-state index in [0.717, 1.165) is 12.8 Å². The van der Waals surface area contributed by atoms with Gasteiger partial charge in [-0.05, 0) is 30.5 Å². The Morgan fingerprint density at radius 2 is 2.10 bits per heavy atom. The Morgan fingerprint density at radius 1 is 1.38 bits per heavy atom. The molecule has 1 saturated carbocycles. The molecule has 1 aliphatic carbocycles. The molecule has 1 heterocycles. The van der Waals surface area contributed by atoms with Crippen molar-refractivity contribution in [2.24, 2.45) is 0 Å². The number of fused-ring (bicyclic) bond motifs is 1. The first-order chi connectivity index (χ1) is 9.93. The number of nitrogens with zero attached hydrogens (tertiary/aromatic N) is 1. The van der Waals surface area contributed by atoms with Gasteiger partial charge < -0.3 is 10.4 Å². The highest BCUT2D eigenvalue weighted by atomic mass is 35.5. The number of aliphatic hydroxyl groups is 1. The van der Waals surface area contributed by atoms with E-state index in [4.69, 9.17) is 16.7 Å². The number of nitrogens with one attached hydrogen (secondary N) is 1. The van der Waals surface area contributed by atoms with Crippen molar-refractivity contribution in [3.8, 4) is 0 Å². The van der Waals surface area contributed by atoms with Gasteiger partial charge in [0.05, 0.1) is 18.1 Å². The molecule has 2 aliphatic rings. The summed E-state index contributed by atoms with van der Waals surface area (Å²) in [5, 5.41) is 11.8. The lowest BCUT2D eigenvalue weighted by atomic mass is 10.2. The largest absolute Gasteiger partial charge is 0.395 e. The topological polar surface area (TPSA) is 86.7 Å². The fourth-order valence-electron chi connectivity index (χ4n) is 2.51. The number of aliphatic hydroxyl groups excluding tert-OH is 1. The van der Waals surface area contributed by atoms with E-state index in [1.54, 1.807) is 0 Å². The van der Waals surface area contributed by atoms with Crippen LogP contribution in [0.4, 0.5) is 5.69 Å². The molecule has 0 unspecified atom stereocenters. The summed E-state index contributed by atoms with van der Waals surface area (Å²) in [6.07, 6.45) is 1.74. The highest BCUT2D eigenvalue weighted by Crippen LogP contribution is 2.37. The van der Waals surface area contributed by atoms with E-state index >= 15 is 0 Å². The lowest BCUT2D eigenvalue weighted by molar-refractivity contribution is -0.115. The zero-order valence-corrected chi connectivity index (χ0v) is 12.7. The second-order valence-corrected chi connectivity index (χ2v) is 7.50. The summed E-state index contributed by atoms with van der Waals surface area (Å²) in [5.41, 5.74) is 1.19. The zero-order valence-electron chi connectivity index (χ0n) is 11.2. The molecule has 6 nitrogen and oxygen atoms in total. The molecule has 21 heavy (non-hydrogen) atoms. The van der Waals surface area contributed by atoms with Crippen LogP contribution in [-0.4, -0.2) is 42.9 Å². The Morgan fingerprint density at radius 3 is 2.71 bits per heavy atom. The summed E-state index contributed by atoms with van der Waals surface area (Å²) < 4.78 is 26.8. The highest BCUT2D eigenvalue weighted by Gasteiger charge is 2.39. The summed E-state index contributed by atoms with van der Waals surface area (Å²) in [5.74, 6) is -0.176. The summed E-state index contributed by atoms with van der Waals surface area (Å²) in [6.45, 7) is -0.185. The van der Waals surface area contributed by atoms with Gasteiger partial charge in [0, 0.05) is 18.3 Å². The van der Waals surface area contributed by atoms with Crippen molar-refractivity contribution in [3.05, 3.63) is 22.7 Å². The predicted octanol–water partition coefficient (Wildman–Crippen LogP) is 0.980. The van der Waals surface area contributed by atoms with Crippen LogP contribution in [0.15, 0.2) is 17.0 Å². The normalized spacial score (nSPS) is 18.0. The average Bonchev–Trinajstić information content (AvgIpc) is 3.17. The third kappa shape index (κ3) is 2.66. The maximum absolute atomic E-state index is 12.7. The molecular weight excluding hydrogens is 316 g/mol. The summed E-state index contributed by atoms with van der Waals surface area (Å²) in [4.78, 5) is 11.4. The molecule has 1 fully saturated rings. The molecule has 1 aliphatic heterocycles. The van der Waals surface area contributed by atoms with Gasteiger partial charge in [0.2, 0.25) is 15.9 Å². The van der Waals surface area contributed by atoms with Gasteiger partial charge in [0.15, 0.2) is 0 Å². The molecule has 0 atom stereocenters. The molecule has 8 heteroatoms. The highest BCUT2D eigenvalue weighted by molar-refractivity contribution is 7.89. The fourth-order valence-corrected chi connectivity index (χ4v) is 4.74. The SMILES string of the molecule is O=C1Cc2cc(S(=O)(=O)N(CCO)C3CC3)c(Cl)cc2N1. The van der Waals surface area contributed by atoms with Crippen molar-refractivity contribution in [2.75, 3.05) is 18.5 Å². The maximum atomic E-state index is 12.7. The van der Waals surface area contributed by atoms with E-state index in [0.29, 0.717) is 11.3 Å². The minimum Gasteiger partial charge on any atom is -0.395 e. The number of amides is 1. The molecule has 0 saturated heterocycles. The van der Waals surface area contributed by atoms with Crippen molar-refractivity contribution in [3.63, 3.8) is 0 Å². The molecule has 0 bridgehead atoms. The molecule has 0 radical (unpaired) electrons. The molecule has 1 aromatic rings. The van der Waals surface area contributed by atoms with Crippen LogP contribution < -0.4 is 5.32 Å². The number of rotatable bonds is 5. The molecule has 114 valence electrons. The van der Waals surface area contributed by atoms with Crippen LogP contribution >= 0.6 is 11.6 Å². The first kappa shape index (κ1) is 14.8. The number of halogens is 1. The van der Waals surface area contributed by atoms with Crippen LogP contribution in [0.3, 0.4) is 0 Å². The number of carbonyl (C=O) groups is 1. The Bertz CT molecular complexity index is 700. The van der Waals surface area contributed by atoms with Crippen molar-refractivity contribution in [1.29, 1.82) is 0 Å². The minimum atomic E-state index is -3.77. The van der Waals surface area contributed by atoms with Gasteiger partial charge in [0.25, 0.3) is 0 Å². The maximum Gasteiger partial charge on any atom is 0.244 e. The van der Waals surface area contributed by atoms with Gasteiger partial charge in [-0.15, -0.1) is 0 Å². The lowest BCUT2D eigenvalue weighted by Crippen LogP contribution is -2.35. The van der Waals surface area contributed by atoms with Crippen LogP contribution in [0.2, 0.25) is 5.02 Å². The monoisotopic (exact) mass is 330 g/mol. The molecule has 1 amide bonds. The molecule has 2 N–H and O–H groups in total. The van der Waals surface area contributed by atoms with Crippen LogP contribution in [0.1, 0.15) is 18.4 Å². The number of carbonyl (C=O) groups excluding carboxylic acids is 1. The Labute approximate surface area is 127 Å². The van der Waals surface area contributed by atoms with Crippen molar-refractivity contribution in [2.45, 2.75) is 30.2 Å². The van der Waals surface area contributed by atoms with E-state index in [1.807, 2.05) is 0 Å². The zero-order chi connectivity index (χ0) is 15.2. The van der Waals surface area contributed by atoms with E-state index in [-0.39, 0.29) is 41.4 Å². The average molecular weight is 331 g/mol. The number of hydrogen-bond acceptors (Lipinski definition) is 4. The molecular formula is C13H15ClN2O4S. The summed E-state index contributed by atoms with van der Waals surface area (Å²) >= 11 is 6.09. The van der Waals surface area contributed by atoms with E-state index < -0.39 is 10.0 Å². The third-order valence-electron chi connectivity index (χ3n) is 3.64. The van der Waals surface area contributed by atoms with Gasteiger partial charge >= 0.3 is 0 Å². The first-order valence-corrected chi connectivity index (χ1v) is 8.50. The van der Waals surface area contributed by atoms with Crippen molar-refractivity contribution < 1.29 is 18.3 Å². The molecule has 3 rings (SSSR count). The summed E-state index contributed by atoms with van der Waals surface area (Å²) in [6, 6.07) is 2.86. The number of hydrogen-bond donors (Lipinski definition) is 2. The standard InChI is InChI=1S/C13H15ClN2O4S/c14-10-7-11-8(6-13(18)15-11)5-12(10)21(19,20)16(3-4-17)9-1-2-9/h5,7,9,17H,1-4,6H2,(H,15,18). The summed E-state index contributed by atoms with van der Waals surface area (Å²) in [7, 11) is -3.77. The Kier molecular flexibility index (Phi) is 3.69. The number of sulfonamides is 1. The lowest BCUT2D eigenvalue weighted by Gasteiger charge is -2.22. The second-order valence-electron chi connectivity index (χ2n) is 5.24. The van der Waals surface area contributed by atoms with E-state index in [2.05, 4.69) is 5.32 Å². The molecule has 1 aromatic carbocycles.